The molecule has 340 valence electrons. The van der Waals surface area contributed by atoms with Gasteiger partial charge in [-0.15, -0.1) is 0 Å². The van der Waals surface area contributed by atoms with Crippen molar-refractivity contribution in [3.8, 4) is 23.0 Å². The van der Waals surface area contributed by atoms with Gasteiger partial charge >= 0.3 is 11.7 Å². The average molecular weight is 1070 g/mol. The Morgan fingerprint density at radius 3 is 0.773 bits per heavy atom. The molecule has 8 bridgehead atoms. The Balaban J connectivity index is 1.18. The number of hydrogen-bond donors (Lipinski definition) is 0. The molecule has 0 spiro atoms. The average Bonchev–Trinajstić information content (AvgIpc) is 3.32. The van der Waals surface area contributed by atoms with Crippen LogP contribution in [0.15, 0.2) is 178 Å². The first-order chi connectivity index (χ1) is 31.5. The first-order valence-electron chi connectivity index (χ1n) is 19.7. The summed E-state index contributed by atoms with van der Waals surface area (Å²) in [5.74, 6) is -4.80. The lowest BCUT2D eigenvalue weighted by Gasteiger charge is -2.35. The van der Waals surface area contributed by atoms with Crippen LogP contribution in [0.3, 0.4) is 0 Å². The predicted octanol–water partition coefficient (Wildman–Crippen LogP) is 11.6. The van der Waals surface area contributed by atoms with Crippen LogP contribution in [-0.4, -0.2) is 72.2 Å². The summed E-state index contributed by atoms with van der Waals surface area (Å²) in [4.78, 5) is 0. The van der Waals surface area contributed by atoms with Crippen molar-refractivity contribution < 1.29 is 18.1 Å². The minimum absolute atomic E-state index is 0.444. The third-order valence-corrected chi connectivity index (χ3v) is 22.7. The lowest BCUT2D eigenvalue weighted by atomic mass is 10.2. The number of benzene rings is 6. The predicted molar refractivity (Wildman–Crippen MR) is 291 cm³/mol. The Labute approximate surface area is 415 Å². The lowest BCUT2D eigenvalue weighted by Crippen LogP contribution is -2.27. The highest BCUT2D eigenvalue weighted by molar-refractivity contribution is 8.23. The summed E-state index contributed by atoms with van der Waals surface area (Å²) >= 11 is 37.4. The fraction of sp³-hybridized carbons (Fsp3) is 0.0909. The van der Waals surface area contributed by atoms with E-state index in [9.17, 15) is 0 Å². The van der Waals surface area contributed by atoms with Crippen molar-refractivity contribution in [2.24, 2.45) is 20.4 Å². The zero-order valence-corrected chi connectivity index (χ0v) is 44.1. The van der Waals surface area contributed by atoms with Gasteiger partial charge in [0, 0.05) is 62.4 Å². The van der Waals surface area contributed by atoms with Crippen LogP contribution in [-0.2, 0) is 47.2 Å². The summed E-state index contributed by atoms with van der Waals surface area (Å²) in [5.41, 5.74) is 3.15. The van der Waals surface area contributed by atoms with Crippen LogP contribution in [0.25, 0.3) is 0 Å². The van der Waals surface area contributed by atoms with Crippen LogP contribution in [0.5, 0.6) is 23.0 Å². The number of rotatable bonds is 2. The topological polar surface area (TPSA) is 99.3 Å². The number of hydrazone groups is 4. The van der Waals surface area contributed by atoms with Crippen molar-refractivity contribution in [1.82, 2.24) is 19.1 Å². The summed E-state index contributed by atoms with van der Waals surface area (Å²) in [7, 11) is 7.37. The van der Waals surface area contributed by atoms with Gasteiger partial charge in [-0.05, 0) is 165 Å². The quantitative estimate of drug-likeness (QED) is 0.154. The van der Waals surface area contributed by atoms with Gasteiger partial charge in [-0.2, -0.15) is 20.4 Å². The van der Waals surface area contributed by atoms with Crippen molar-refractivity contribution in [3.63, 3.8) is 0 Å². The van der Waals surface area contributed by atoms with Crippen LogP contribution < -0.4 is 28.7 Å². The van der Waals surface area contributed by atoms with E-state index in [-0.39, 0.29) is 0 Å². The van der Waals surface area contributed by atoms with Crippen LogP contribution in [0, 0.1) is 0 Å². The Bertz CT molecular complexity index is 2600. The molecule has 7 aliphatic rings. The molecule has 7 aliphatic heterocycles. The zero-order valence-electron chi connectivity index (χ0n) is 35.7. The van der Waals surface area contributed by atoms with Gasteiger partial charge in [-0.25, -0.2) is 19.1 Å². The summed E-state index contributed by atoms with van der Waals surface area (Å²) in [5, 5.41) is 20.9. The fourth-order valence-electron chi connectivity index (χ4n) is 6.17. The van der Waals surface area contributed by atoms with Crippen molar-refractivity contribution >= 4 is 130 Å². The van der Waals surface area contributed by atoms with Crippen LogP contribution in [0.2, 0.25) is 0 Å². The SMILES string of the molecule is CN1N=Cc2ccc(cc2)OP(=S)(Cl)Oc2ccc(cc2)/C=N\N(C)P(=S)(c2ccccc2)N(C)/N=C\c2ccc(cc2)OP(=S)(Cl)Oc2ccc(cc2)/C=N\N(C)P1(=S)c1ccccc1. The van der Waals surface area contributed by atoms with Crippen molar-refractivity contribution in [2.45, 2.75) is 0 Å². The van der Waals surface area contributed by atoms with Crippen molar-refractivity contribution in [3.05, 3.63) is 180 Å². The van der Waals surface area contributed by atoms with E-state index in [1.165, 1.54) is 0 Å². The molecule has 4 unspecified atom stereocenters. The Kier molecular flexibility index (Phi) is 16.3. The van der Waals surface area contributed by atoms with E-state index >= 15 is 0 Å². The Morgan fingerprint density at radius 2 is 0.561 bits per heavy atom. The highest BCUT2D eigenvalue weighted by Gasteiger charge is 2.31. The third-order valence-electron chi connectivity index (χ3n) is 9.63. The molecule has 7 heterocycles. The molecule has 4 atom stereocenters. The minimum atomic E-state index is -3.29. The molecule has 0 aliphatic carbocycles. The summed E-state index contributed by atoms with van der Waals surface area (Å²) < 4.78 is 31.0. The molecule has 0 amide bonds. The maximum Gasteiger partial charge on any atom is 0.384 e. The maximum atomic E-state index is 6.68. The van der Waals surface area contributed by atoms with E-state index in [2.05, 4.69) is 0 Å². The molecule has 13 rings (SSSR count). The first kappa shape index (κ1) is 49.5. The molecular formula is C44H42Cl2N8O4P4S4. The Hall–Kier alpha value is -4.42. The van der Waals surface area contributed by atoms with Gasteiger partial charge in [-0.3, -0.25) is 0 Å². The molecule has 0 saturated heterocycles. The molecule has 12 nitrogen and oxygen atoms in total. The second kappa shape index (κ2) is 21.7. The molecule has 6 aromatic rings. The molecular weight excluding hydrogens is 1030 g/mol. The summed E-state index contributed by atoms with van der Waals surface area (Å²) in [6.45, 7) is 0. The van der Waals surface area contributed by atoms with Gasteiger partial charge in [0.2, 0.25) is 0 Å². The van der Waals surface area contributed by atoms with Crippen molar-refractivity contribution in [2.75, 3.05) is 28.2 Å². The van der Waals surface area contributed by atoms with Gasteiger partial charge < -0.3 is 18.1 Å². The van der Waals surface area contributed by atoms with Gasteiger partial charge in [0.05, 0.1) is 24.9 Å². The first-order valence-corrected chi connectivity index (χ1v) is 32.2. The highest BCUT2D eigenvalue weighted by atomic mass is 35.7. The van der Waals surface area contributed by atoms with Gasteiger partial charge in [0.1, 0.15) is 23.0 Å². The van der Waals surface area contributed by atoms with Gasteiger partial charge in [-0.1, -0.05) is 60.7 Å². The molecule has 0 saturated carbocycles. The fourth-order valence-corrected chi connectivity index (χ4v) is 14.9. The molecule has 0 N–H and O–H groups in total. The number of halogens is 2. The van der Waals surface area contributed by atoms with E-state index in [4.69, 9.17) is 108 Å². The smallest absolute Gasteiger partial charge is 0.384 e. The lowest BCUT2D eigenvalue weighted by molar-refractivity contribution is 0.504. The maximum absolute atomic E-state index is 6.68. The number of nitrogens with zero attached hydrogens (tertiary/aromatic N) is 8. The summed E-state index contributed by atoms with van der Waals surface area (Å²) in [6.07, 6.45) is 1.36. The van der Waals surface area contributed by atoms with Gasteiger partial charge in [0.25, 0.3) is 0 Å². The zero-order chi connectivity index (χ0) is 47.0. The van der Waals surface area contributed by atoms with E-state index < -0.39 is 24.4 Å². The van der Waals surface area contributed by atoms with E-state index in [1.54, 1.807) is 92.5 Å². The second-order valence-electron chi connectivity index (χ2n) is 14.2. The molecule has 6 aromatic carbocycles. The minimum Gasteiger partial charge on any atom is -0.425 e. The monoisotopic (exact) mass is 1070 g/mol. The van der Waals surface area contributed by atoms with Crippen molar-refractivity contribution in [1.29, 1.82) is 0 Å². The summed E-state index contributed by atoms with van der Waals surface area (Å²) in [6, 6.07) is 48.4. The molecule has 66 heavy (non-hydrogen) atoms. The Morgan fingerprint density at radius 1 is 0.348 bits per heavy atom. The standard InChI is InChI=1S/C44H42Cl2N8O4P4S4/c1-51-47-31-35-15-23-39(24-16-35)55-61(45,65)57-41-27-19-37(20-28-41)33-49-53(3)60(64,44-13-9-6-10-14-44)54(4)50-34-38-21-29-42(30-22-38)58-62(46,66)56-40-25-17-36(18-26-40)32-48-52(2)59(51,63)43-11-7-5-8-12-43/h5-34H,1-4H3/b47-31-,48-32-,49-33-,50-34?. The van der Waals surface area contributed by atoms with Crippen LogP contribution in [0.1, 0.15) is 22.3 Å². The third kappa shape index (κ3) is 12.6. The largest absolute Gasteiger partial charge is 0.425 e. The van der Waals surface area contributed by atoms with Crippen LogP contribution >= 0.6 is 46.8 Å². The molecule has 22 heteroatoms. The molecule has 0 fully saturated rings. The van der Waals surface area contributed by atoms with Crippen LogP contribution in [0.4, 0.5) is 0 Å². The normalized spacial score (nSPS) is 24.5. The number of hydrogen-bond acceptors (Lipinski definition) is 12. The molecule has 0 radical (unpaired) electrons. The van der Waals surface area contributed by atoms with Gasteiger partial charge in [0.15, 0.2) is 12.7 Å². The second-order valence-corrected chi connectivity index (χ2v) is 32.0. The van der Waals surface area contributed by atoms with E-state index in [0.29, 0.717) is 23.0 Å². The molecule has 0 aromatic heterocycles. The highest BCUT2D eigenvalue weighted by Crippen LogP contribution is 2.55. The van der Waals surface area contributed by atoms with E-state index in [1.807, 2.05) is 137 Å². The van der Waals surface area contributed by atoms with E-state index in [0.717, 1.165) is 32.9 Å².